The predicted octanol–water partition coefficient (Wildman–Crippen LogP) is 1.97. The van der Waals surface area contributed by atoms with Crippen LogP contribution in [0.5, 0.6) is 0 Å². The Hall–Kier alpha value is -1.52. The number of fused-ring (bicyclic) bond motifs is 1. The van der Waals surface area contributed by atoms with E-state index in [1.54, 1.807) is 14.1 Å². The second kappa shape index (κ2) is 7.72. The maximum atomic E-state index is 13.3. The van der Waals surface area contributed by atoms with E-state index in [1.165, 1.54) is 19.9 Å². The van der Waals surface area contributed by atoms with Crippen LogP contribution in [-0.4, -0.2) is 81.3 Å². The minimum absolute atomic E-state index is 0.0193. The van der Waals surface area contributed by atoms with Gasteiger partial charge in [0.1, 0.15) is 0 Å². The highest BCUT2D eigenvalue weighted by atomic mass is 32.2. The van der Waals surface area contributed by atoms with Gasteiger partial charge in [-0.3, -0.25) is 4.79 Å². The maximum absolute atomic E-state index is 13.3. The summed E-state index contributed by atoms with van der Waals surface area (Å²) in [6.45, 7) is 3.19. The van der Waals surface area contributed by atoms with Crippen LogP contribution in [0.4, 0.5) is 0 Å². The Labute approximate surface area is 169 Å². The Balaban J connectivity index is 1.71. The Kier molecular flexibility index (Phi) is 5.45. The van der Waals surface area contributed by atoms with Gasteiger partial charge in [0.25, 0.3) is 16.1 Å². The Morgan fingerprint density at radius 2 is 1.89 bits per heavy atom. The first-order valence-corrected chi connectivity index (χ1v) is 11.7. The zero-order valence-corrected chi connectivity index (χ0v) is 17.8. The molecular formula is C19H25N3O4S2. The van der Waals surface area contributed by atoms with Crippen molar-refractivity contribution in [3.63, 3.8) is 0 Å². The lowest BCUT2D eigenvalue weighted by molar-refractivity contribution is 0.0305. The average molecular weight is 424 g/mol. The summed E-state index contributed by atoms with van der Waals surface area (Å²) in [5.74, 6) is 0.0549. The average Bonchev–Trinajstić information content (AvgIpc) is 3.32. The van der Waals surface area contributed by atoms with E-state index in [4.69, 9.17) is 4.74 Å². The van der Waals surface area contributed by atoms with Crippen molar-refractivity contribution in [2.75, 3.05) is 53.5 Å². The molecule has 0 aliphatic carbocycles. The summed E-state index contributed by atoms with van der Waals surface area (Å²) in [7, 11) is -0.346. The molecule has 1 aromatic heterocycles. The molecule has 2 aliphatic heterocycles. The van der Waals surface area contributed by atoms with Gasteiger partial charge in [0.2, 0.25) is 0 Å². The summed E-state index contributed by atoms with van der Waals surface area (Å²) in [5.41, 5.74) is 1.01. The van der Waals surface area contributed by atoms with Crippen LogP contribution in [0.3, 0.4) is 0 Å². The molecule has 152 valence electrons. The first-order chi connectivity index (χ1) is 13.4. The molecule has 2 saturated heterocycles. The number of thiophene rings is 1. The minimum Gasteiger partial charge on any atom is -0.378 e. The van der Waals surface area contributed by atoms with Crippen molar-refractivity contribution in [2.24, 2.45) is 0 Å². The summed E-state index contributed by atoms with van der Waals surface area (Å²) in [4.78, 5) is 15.9. The molecule has 0 spiro atoms. The van der Waals surface area contributed by atoms with Crippen LogP contribution in [0.2, 0.25) is 0 Å². The lowest BCUT2D eigenvalue weighted by Gasteiger charge is -2.27. The number of amides is 1. The standard InChI is InChI=1S/C19H25N3O4S2/c1-20(2)28(24,25)22-8-7-14(13-22)17-15-5-3-4-6-16(15)27-18(17)19(23)21-9-11-26-12-10-21/h3-6,14H,7-13H2,1-2H3/t14-/m1/s1. The molecule has 4 rings (SSSR count). The molecule has 0 radical (unpaired) electrons. The van der Waals surface area contributed by atoms with E-state index >= 15 is 0 Å². The molecule has 1 amide bonds. The molecule has 2 aliphatic rings. The Morgan fingerprint density at radius 1 is 1.18 bits per heavy atom. The van der Waals surface area contributed by atoms with Crippen LogP contribution in [-0.2, 0) is 14.9 Å². The molecule has 3 heterocycles. The SMILES string of the molecule is CN(C)S(=O)(=O)N1CC[C@@H](c2c(C(=O)N3CCOCC3)sc3ccccc23)C1. The second-order valence-corrected chi connectivity index (χ2v) is 10.6. The third-order valence-corrected chi connectivity index (χ3v) is 8.56. The highest BCUT2D eigenvalue weighted by molar-refractivity contribution is 7.86. The first kappa shape index (κ1) is 19.8. The van der Waals surface area contributed by atoms with Crippen LogP contribution in [0.1, 0.15) is 27.6 Å². The van der Waals surface area contributed by atoms with Crippen molar-refractivity contribution < 1.29 is 17.9 Å². The normalized spacial score (nSPS) is 21.7. The van der Waals surface area contributed by atoms with Gasteiger partial charge in [0.05, 0.1) is 18.1 Å². The molecule has 2 fully saturated rings. The van der Waals surface area contributed by atoms with E-state index in [0.29, 0.717) is 39.4 Å². The second-order valence-electron chi connectivity index (χ2n) is 7.38. The van der Waals surface area contributed by atoms with Gasteiger partial charge in [-0.2, -0.15) is 17.0 Å². The number of carbonyl (C=O) groups excluding carboxylic acids is 1. The van der Waals surface area contributed by atoms with Crippen LogP contribution in [0.15, 0.2) is 24.3 Å². The quantitative estimate of drug-likeness (QED) is 0.754. The van der Waals surface area contributed by atoms with Gasteiger partial charge in [-0.05, 0) is 23.4 Å². The molecule has 1 aromatic carbocycles. The zero-order chi connectivity index (χ0) is 19.9. The van der Waals surface area contributed by atoms with Gasteiger partial charge in [0.15, 0.2) is 0 Å². The fourth-order valence-electron chi connectivity index (χ4n) is 3.94. The summed E-state index contributed by atoms with van der Waals surface area (Å²) in [6, 6.07) is 8.02. The molecule has 7 nitrogen and oxygen atoms in total. The molecule has 2 aromatic rings. The Morgan fingerprint density at radius 3 is 2.61 bits per heavy atom. The number of hydrogen-bond donors (Lipinski definition) is 0. The van der Waals surface area contributed by atoms with E-state index in [0.717, 1.165) is 26.9 Å². The van der Waals surface area contributed by atoms with Crippen molar-refractivity contribution in [1.29, 1.82) is 0 Å². The van der Waals surface area contributed by atoms with Crippen LogP contribution >= 0.6 is 11.3 Å². The summed E-state index contributed by atoms with van der Waals surface area (Å²) in [5, 5.41) is 1.07. The molecule has 28 heavy (non-hydrogen) atoms. The van der Waals surface area contributed by atoms with Gasteiger partial charge in [-0.15, -0.1) is 11.3 Å². The lowest BCUT2D eigenvalue weighted by Crippen LogP contribution is -2.41. The smallest absolute Gasteiger partial charge is 0.281 e. The largest absolute Gasteiger partial charge is 0.378 e. The maximum Gasteiger partial charge on any atom is 0.281 e. The lowest BCUT2D eigenvalue weighted by atomic mass is 9.95. The van der Waals surface area contributed by atoms with E-state index in [1.807, 2.05) is 29.2 Å². The minimum atomic E-state index is -3.45. The topological polar surface area (TPSA) is 70.2 Å². The highest BCUT2D eigenvalue weighted by Crippen LogP contribution is 2.41. The fourth-order valence-corrected chi connectivity index (χ4v) is 6.37. The van der Waals surface area contributed by atoms with E-state index < -0.39 is 10.2 Å². The van der Waals surface area contributed by atoms with Crippen LogP contribution < -0.4 is 0 Å². The van der Waals surface area contributed by atoms with Crippen molar-refractivity contribution >= 4 is 37.5 Å². The van der Waals surface area contributed by atoms with Crippen molar-refractivity contribution in [3.05, 3.63) is 34.7 Å². The zero-order valence-electron chi connectivity index (χ0n) is 16.1. The number of morpholine rings is 1. The number of rotatable bonds is 4. The molecule has 1 atom stereocenters. The summed E-state index contributed by atoms with van der Waals surface area (Å²) < 4.78 is 34.3. The van der Waals surface area contributed by atoms with Crippen molar-refractivity contribution in [2.45, 2.75) is 12.3 Å². The van der Waals surface area contributed by atoms with E-state index in [9.17, 15) is 13.2 Å². The first-order valence-electron chi connectivity index (χ1n) is 9.45. The number of benzene rings is 1. The molecule has 9 heteroatoms. The molecular weight excluding hydrogens is 398 g/mol. The number of carbonyl (C=O) groups is 1. The fraction of sp³-hybridized carbons (Fsp3) is 0.526. The van der Waals surface area contributed by atoms with Gasteiger partial charge in [-0.25, -0.2) is 0 Å². The Bertz CT molecular complexity index is 980. The van der Waals surface area contributed by atoms with Crippen LogP contribution in [0, 0.1) is 0 Å². The van der Waals surface area contributed by atoms with E-state index in [2.05, 4.69) is 0 Å². The van der Waals surface area contributed by atoms with Crippen molar-refractivity contribution in [3.8, 4) is 0 Å². The van der Waals surface area contributed by atoms with Gasteiger partial charge < -0.3 is 9.64 Å². The molecule has 0 saturated carbocycles. The van der Waals surface area contributed by atoms with Gasteiger partial charge in [-0.1, -0.05) is 18.2 Å². The number of nitrogens with zero attached hydrogens (tertiary/aromatic N) is 3. The van der Waals surface area contributed by atoms with Gasteiger partial charge >= 0.3 is 0 Å². The predicted molar refractivity (Wildman–Crippen MR) is 110 cm³/mol. The highest BCUT2D eigenvalue weighted by Gasteiger charge is 2.37. The number of ether oxygens (including phenoxy) is 1. The van der Waals surface area contributed by atoms with Gasteiger partial charge in [0, 0.05) is 50.9 Å². The summed E-state index contributed by atoms with van der Waals surface area (Å²) in [6.07, 6.45) is 0.719. The molecule has 0 unspecified atom stereocenters. The monoisotopic (exact) mass is 423 g/mol. The van der Waals surface area contributed by atoms with Crippen LogP contribution in [0.25, 0.3) is 10.1 Å². The van der Waals surface area contributed by atoms with Crippen molar-refractivity contribution in [1.82, 2.24) is 13.5 Å². The number of hydrogen-bond acceptors (Lipinski definition) is 5. The third kappa shape index (κ3) is 3.46. The molecule has 0 bridgehead atoms. The summed E-state index contributed by atoms with van der Waals surface area (Å²) >= 11 is 1.52. The molecule has 0 N–H and O–H groups in total. The van der Waals surface area contributed by atoms with E-state index in [-0.39, 0.29) is 11.8 Å². The third-order valence-electron chi connectivity index (χ3n) is 5.47.